The molecule has 0 saturated heterocycles. The standard InChI is InChI=1S/C21H31N7.HI/c1-7-22-21(26(5)12-17-13-27(6)25-20(17)15(2)3)23-11-18-14-28-16(4)9-8-10-19(28)24-18;/h8-10,13-15H,7,11-12H2,1-6H3,(H,22,23);1H. The van der Waals surface area contributed by atoms with Gasteiger partial charge in [-0.3, -0.25) is 4.68 Å². The second-order valence-corrected chi connectivity index (χ2v) is 7.52. The molecule has 0 aromatic carbocycles. The van der Waals surface area contributed by atoms with Crippen LogP contribution in [0.3, 0.4) is 0 Å². The molecule has 3 aromatic heterocycles. The largest absolute Gasteiger partial charge is 0.357 e. The normalized spacial score (nSPS) is 11.8. The van der Waals surface area contributed by atoms with Crippen molar-refractivity contribution in [2.45, 2.75) is 46.7 Å². The number of pyridine rings is 1. The Morgan fingerprint density at radius 1 is 1.28 bits per heavy atom. The van der Waals surface area contributed by atoms with Crippen LogP contribution in [0.15, 0.2) is 35.6 Å². The summed E-state index contributed by atoms with van der Waals surface area (Å²) in [6.07, 6.45) is 4.16. The van der Waals surface area contributed by atoms with E-state index in [1.165, 1.54) is 11.3 Å². The highest BCUT2D eigenvalue weighted by Gasteiger charge is 2.15. The zero-order chi connectivity index (χ0) is 20.3. The Morgan fingerprint density at radius 2 is 2.03 bits per heavy atom. The molecule has 1 N–H and O–H groups in total. The van der Waals surface area contributed by atoms with Crippen molar-refractivity contribution < 1.29 is 0 Å². The van der Waals surface area contributed by atoms with E-state index in [1.807, 2.05) is 23.9 Å². The van der Waals surface area contributed by atoms with Crippen LogP contribution in [0.4, 0.5) is 0 Å². The second-order valence-electron chi connectivity index (χ2n) is 7.52. The Hall–Kier alpha value is -2.10. The van der Waals surface area contributed by atoms with Crippen LogP contribution >= 0.6 is 24.0 Å². The third-order valence-electron chi connectivity index (χ3n) is 4.72. The van der Waals surface area contributed by atoms with E-state index < -0.39 is 0 Å². The third kappa shape index (κ3) is 5.49. The van der Waals surface area contributed by atoms with Gasteiger partial charge in [0.15, 0.2) is 5.96 Å². The zero-order valence-electron chi connectivity index (χ0n) is 18.2. The molecule has 0 spiro atoms. The summed E-state index contributed by atoms with van der Waals surface area (Å²) >= 11 is 0. The van der Waals surface area contributed by atoms with Crippen molar-refractivity contribution in [2.24, 2.45) is 12.0 Å². The molecule has 0 unspecified atom stereocenters. The number of hydrogen-bond donors (Lipinski definition) is 1. The number of guanidine groups is 1. The fraction of sp³-hybridized carbons (Fsp3) is 0.476. The molecular formula is C21H32IN7. The van der Waals surface area contributed by atoms with Gasteiger partial charge in [0, 0.05) is 50.8 Å². The number of imidazole rings is 1. The lowest BCUT2D eigenvalue weighted by molar-refractivity contribution is 0.473. The molecule has 0 aliphatic carbocycles. The first-order valence-corrected chi connectivity index (χ1v) is 9.84. The van der Waals surface area contributed by atoms with Crippen molar-refractivity contribution in [2.75, 3.05) is 13.6 Å². The van der Waals surface area contributed by atoms with Gasteiger partial charge in [0.05, 0.1) is 17.9 Å². The van der Waals surface area contributed by atoms with Crippen LogP contribution in [0, 0.1) is 6.92 Å². The molecule has 0 amide bonds. The first-order valence-electron chi connectivity index (χ1n) is 9.84. The summed E-state index contributed by atoms with van der Waals surface area (Å²) in [4.78, 5) is 11.6. The topological polar surface area (TPSA) is 62.8 Å². The second kappa shape index (κ2) is 10.1. The lowest BCUT2D eigenvalue weighted by Crippen LogP contribution is -2.38. The SMILES string of the molecule is CCNC(=NCc1cn2c(C)cccc2n1)N(C)Cc1cn(C)nc1C(C)C.I. The molecule has 8 heteroatoms. The van der Waals surface area contributed by atoms with Crippen LogP contribution in [-0.4, -0.2) is 43.6 Å². The van der Waals surface area contributed by atoms with Crippen molar-refractivity contribution >= 4 is 35.6 Å². The molecule has 0 aliphatic rings. The number of hydrogen-bond acceptors (Lipinski definition) is 3. The van der Waals surface area contributed by atoms with Crippen molar-refractivity contribution in [3.8, 4) is 0 Å². The van der Waals surface area contributed by atoms with Gasteiger partial charge in [-0.15, -0.1) is 24.0 Å². The first-order chi connectivity index (χ1) is 13.4. The van der Waals surface area contributed by atoms with Crippen molar-refractivity contribution in [1.29, 1.82) is 0 Å². The molecule has 0 saturated carbocycles. The van der Waals surface area contributed by atoms with Crippen molar-refractivity contribution in [1.82, 2.24) is 29.4 Å². The molecular weight excluding hydrogens is 477 g/mol. The Labute approximate surface area is 190 Å². The van der Waals surface area contributed by atoms with Crippen LogP contribution in [-0.2, 0) is 20.1 Å². The van der Waals surface area contributed by atoms with E-state index in [0.717, 1.165) is 36.1 Å². The van der Waals surface area contributed by atoms with Gasteiger partial charge in [-0.25, -0.2) is 9.98 Å². The molecule has 0 radical (unpaired) electrons. The molecule has 0 fully saturated rings. The van der Waals surface area contributed by atoms with Crippen LogP contribution in [0.2, 0.25) is 0 Å². The summed E-state index contributed by atoms with van der Waals surface area (Å²) in [5.41, 5.74) is 5.46. The molecule has 3 aromatic rings. The minimum Gasteiger partial charge on any atom is -0.357 e. The van der Waals surface area contributed by atoms with E-state index in [0.29, 0.717) is 12.5 Å². The van der Waals surface area contributed by atoms with Gasteiger partial charge < -0.3 is 14.6 Å². The monoisotopic (exact) mass is 509 g/mol. The maximum Gasteiger partial charge on any atom is 0.194 e. The average molecular weight is 509 g/mol. The number of halogens is 1. The van der Waals surface area contributed by atoms with E-state index >= 15 is 0 Å². The van der Waals surface area contributed by atoms with Crippen molar-refractivity contribution in [3.05, 3.63) is 53.2 Å². The molecule has 3 rings (SSSR count). The van der Waals surface area contributed by atoms with Gasteiger partial charge in [-0.1, -0.05) is 19.9 Å². The third-order valence-corrected chi connectivity index (χ3v) is 4.72. The lowest BCUT2D eigenvalue weighted by atomic mass is 10.1. The summed E-state index contributed by atoms with van der Waals surface area (Å²) in [6, 6.07) is 6.13. The fourth-order valence-corrected chi connectivity index (χ4v) is 3.39. The maximum absolute atomic E-state index is 4.81. The summed E-state index contributed by atoms with van der Waals surface area (Å²) < 4.78 is 3.99. The number of rotatable bonds is 6. The van der Waals surface area contributed by atoms with E-state index in [9.17, 15) is 0 Å². The van der Waals surface area contributed by atoms with Gasteiger partial charge in [-0.2, -0.15) is 5.10 Å². The zero-order valence-corrected chi connectivity index (χ0v) is 20.5. The van der Waals surface area contributed by atoms with Gasteiger partial charge in [0.1, 0.15) is 5.65 Å². The fourth-order valence-electron chi connectivity index (χ4n) is 3.39. The number of aryl methyl sites for hydroxylation is 2. The van der Waals surface area contributed by atoms with E-state index in [4.69, 9.17) is 4.99 Å². The van der Waals surface area contributed by atoms with E-state index in [2.05, 4.69) is 77.9 Å². The van der Waals surface area contributed by atoms with Crippen LogP contribution in [0.5, 0.6) is 0 Å². The Kier molecular flexibility index (Phi) is 8.06. The Morgan fingerprint density at radius 3 is 2.69 bits per heavy atom. The van der Waals surface area contributed by atoms with Crippen LogP contribution in [0.25, 0.3) is 5.65 Å². The summed E-state index contributed by atoms with van der Waals surface area (Å²) in [7, 11) is 4.03. The number of aliphatic imine (C=N–C) groups is 1. The van der Waals surface area contributed by atoms with Crippen molar-refractivity contribution in [3.63, 3.8) is 0 Å². The average Bonchev–Trinajstić information content (AvgIpc) is 3.22. The highest BCUT2D eigenvalue weighted by molar-refractivity contribution is 14.0. The minimum atomic E-state index is 0. The summed E-state index contributed by atoms with van der Waals surface area (Å²) in [5, 5.41) is 8.00. The molecule has 0 atom stereocenters. The summed E-state index contributed by atoms with van der Waals surface area (Å²) in [6.45, 7) is 10.6. The predicted molar refractivity (Wildman–Crippen MR) is 129 cm³/mol. The first kappa shape index (κ1) is 23.2. The Balaban J connectivity index is 0.00000300. The number of aromatic nitrogens is 4. The molecule has 29 heavy (non-hydrogen) atoms. The van der Waals surface area contributed by atoms with Gasteiger partial charge >= 0.3 is 0 Å². The number of nitrogens with one attached hydrogen (secondary N) is 1. The molecule has 0 aliphatic heterocycles. The van der Waals surface area contributed by atoms with E-state index in [1.54, 1.807) is 0 Å². The predicted octanol–water partition coefficient (Wildman–Crippen LogP) is 3.72. The Bertz CT molecular complexity index is 971. The minimum absolute atomic E-state index is 0. The van der Waals surface area contributed by atoms with Crippen LogP contribution < -0.4 is 5.32 Å². The van der Waals surface area contributed by atoms with Gasteiger partial charge in [0.2, 0.25) is 0 Å². The molecule has 158 valence electrons. The highest BCUT2D eigenvalue weighted by Crippen LogP contribution is 2.18. The maximum atomic E-state index is 4.81. The summed E-state index contributed by atoms with van der Waals surface area (Å²) in [5.74, 6) is 1.26. The van der Waals surface area contributed by atoms with Gasteiger partial charge in [0.25, 0.3) is 0 Å². The number of nitrogens with zero attached hydrogens (tertiary/aromatic N) is 6. The van der Waals surface area contributed by atoms with E-state index in [-0.39, 0.29) is 24.0 Å². The smallest absolute Gasteiger partial charge is 0.194 e. The molecule has 0 bridgehead atoms. The van der Waals surface area contributed by atoms with Gasteiger partial charge in [-0.05, 0) is 31.9 Å². The molecule has 3 heterocycles. The quantitative estimate of drug-likeness (QED) is 0.313. The highest BCUT2D eigenvalue weighted by atomic mass is 127. The lowest BCUT2D eigenvalue weighted by Gasteiger charge is -2.22. The number of fused-ring (bicyclic) bond motifs is 1. The van der Waals surface area contributed by atoms with Crippen LogP contribution in [0.1, 0.15) is 49.3 Å². The molecule has 7 nitrogen and oxygen atoms in total.